The van der Waals surface area contributed by atoms with Crippen molar-refractivity contribution in [1.82, 2.24) is 0 Å². The van der Waals surface area contributed by atoms with Crippen molar-refractivity contribution in [3.63, 3.8) is 0 Å². The van der Waals surface area contributed by atoms with Crippen LogP contribution in [0, 0.1) is 5.92 Å². The average molecular weight is 246 g/mol. The molecule has 1 aromatic carbocycles. The number of aryl methyl sites for hydroxylation is 1. The molecule has 1 aliphatic rings. The van der Waals surface area contributed by atoms with Crippen LogP contribution in [-0.2, 0) is 12.8 Å². The highest BCUT2D eigenvalue weighted by atomic mass is 16.5. The number of hydrogen-bond donors (Lipinski definition) is 0. The molecule has 1 aromatic rings. The van der Waals surface area contributed by atoms with Gasteiger partial charge in [-0.2, -0.15) is 0 Å². The number of unbranched alkanes of at least 4 members (excludes halogenated alkanes) is 4. The van der Waals surface area contributed by atoms with Gasteiger partial charge in [-0.15, -0.1) is 0 Å². The van der Waals surface area contributed by atoms with Crippen molar-refractivity contribution in [2.24, 2.45) is 5.92 Å². The first-order chi connectivity index (χ1) is 8.79. The first-order valence-electron chi connectivity index (χ1n) is 7.54. The normalized spacial score (nSPS) is 18.2. The second kappa shape index (κ2) is 6.82. The molecule has 0 saturated carbocycles. The van der Waals surface area contributed by atoms with Gasteiger partial charge in [0.15, 0.2) is 0 Å². The summed E-state index contributed by atoms with van der Waals surface area (Å²) in [4.78, 5) is 0. The van der Waals surface area contributed by atoms with Crippen molar-refractivity contribution in [1.29, 1.82) is 0 Å². The highest BCUT2D eigenvalue weighted by Crippen LogP contribution is 2.28. The van der Waals surface area contributed by atoms with Gasteiger partial charge in [0.2, 0.25) is 0 Å². The maximum Gasteiger partial charge on any atom is 0.122 e. The Balaban J connectivity index is 1.83. The maximum absolute atomic E-state index is 5.82. The highest BCUT2D eigenvalue weighted by Gasteiger charge is 2.16. The third-order valence-electron chi connectivity index (χ3n) is 3.79. The molecule has 0 fully saturated rings. The number of rotatable bonds is 6. The van der Waals surface area contributed by atoms with Crippen molar-refractivity contribution in [2.75, 3.05) is 6.61 Å². The number of fused-ring (bicyclic) bond motifs is 1. The van der Waals surface area contributed by atoms with Gasteiger partial charge in [0.05, 0.1) is 6.61 Å². The van der Waals surface area contributed by atoms with Gasteiger partial charge in [-0.1, -0.05) is 51.7 Å². The van der Waals surface area contributed by atoms with E-state index in [0.717, 1.165) is 12.4 Å². The summed E-state index contributed by atoms with van der Waals surface area (Å²) in [7, 11) is 0. The van der Waals surface area contributed by atoms with Crippen LogP contribution in [0.15, 0.2) is 18.2 Å². The predicted octanol–water partition coefficient (Wildman–Crippen LogP) is 4.77. The zero-order chi connectivity index (χ0) is 12.8. The lowest BCUT2D eigenvalue weighted by Crippen LogP contribution is -2.18. The summed E-state index contributed by atoms with van der Waals surface area (Å²) in [5.74, 6) is 1.80. The topological polar surface area (TPSA) is 9.23 Å². The number of benzene rings is 1. The van der Waals surface area contributed by atoms with Gasteiger partial charge in [-0.25, -0.2) is 0 Å². The van der Waals surface area contributed by atoms with E-state index in [4.69, 9.17) is 4.74 Å². The molecule has 0 radical (unpaired) electrons. The zero-order valence-electron chi connectivity index (χ0n) is 11.9. The minimum absolute atomic E-state index is 0.664. The van der Waals surface area contributed by atoms with Gasteiger partial charge in [0.25, 0.3) is 0 Å². The molecule has 0 saturated heterocycles. The van der Waals surface area contributed by atoms with E-state index >= 15 is 0 Å². The molecule has 1 heteroatoms. The van der Waals surface area contributed by atoms with Gasteiger partial charge >= 0.3 is 0 Å². The minimum Gasteiger partial charge on any atom is -0.493 e. The number of ether oxygens (including phenoxy) is 1. The molecule has 18 heavy (non-hydrogen) atoms. The quantitative estimate of drug-likeness (QED) is 0.657. The summed E-state index contributed by atoms with van der Waals surface area (Å²) in [6.07, 6.45) is 9.14. The Morgan fingerprint density at radius 2 is 2.00 bits per heavy atom. The lowest BCUT2D eigenvalue weighted by molar-refractivity contribution is 0.233. The molecule has 0 bridgehead atoms. The smallest absolute Gasteiger partial charge is 0.122 e. The largest absolute Gasteiger partial charge is 0.493 e. The Kier molecular flexibility index (Phi) is 5.10. The van der Waals surface area contributed by atoms with Crippen LogP contribution in [0.5, 0.6) is 5.75 Å². The fourth-order valence-corrected chi connectivity index (χ4v) is 2.66. The van der Waals surface area contributed by atoms with E-state index in [0.29, 0.717) is 5.92 Å². The van der Waals surface area contributed by atoms with Crippen molar-refractivity contribution < 1.29 is 4.74 Å². The van der Waals surface area contributed by atoms with Gasteiger partial charge in [0.1, 0.15) is 5.75 Å². The van der Waals surface area contributed by atoms with E-state index in [1.54, 1.807) is 0 Å². The highest BCUT2D eigenvalue weighted by molar-refractivity contribution is 5.39. The van der Waals surface area contributed by atoms with Crippen molar-refractivity contribution in [3.8, 4) is 5.75 Å². The molecule has 0 unspecified atom stereocenters. The Morgan fingerprint density at radius 1 is 1.17 bits per heavy atom. The molecule has 0 amide bonds. The molecule has 1 aliphatic heterocycles. The molecule has 2 rings (SSSR count). The van der Waals surface area contributed by atoms with Crippen molar-refractivity contribution in [2.45, 2.75) is 58.8 Å². The number of hydrogen-bond acceptors (Lipinski definition) is 1. The monoisotopic (exact) mass is 246 g/mol. The Labute approximate surface area is 112 Å². The summed E-state index contributed by atoms with van der Waals surface area (Å²) in [5.41, 5.74) is 2.84. The molecule has 1 nitrogen and oxygen atoms in total. The van der Waals surface area contributed by atoms with E-state index in [1.807, 2.05) is 0 Å². The van der Waals surface area contributed by atoms with Gasteiger partial charge in [0, 0.05) is 0 Å². The average Bonchev–Trinajstić information content (AvgIpc) is 2.38. The Bertz CT molecular complexity index is 370. The van der Waals surface area contributed by atoms with Crippen LogP contribution in [0.4, 0.5) is 0 Å². The molecular weight excluding hydrogens is 220 g/mol. The fraction of sp³-hybridized carbons (Fsp3) is 0.647. The van der Waals surface area contributed by atoms with Crippen molar-refractivity contribution >= 4 is 0 Å². The molecule has 1 atom stereocenters. The third kappa shape index (κ3) is 3.76. The summed E-state index contributed by atoms with van der Waals surface area (Å²) in [6, 6.07) is 6.83. The molecule has 1 heterocycles. The molecule has 0 aromatic heterocycles. The second-order valence-electron chi connectivity index (χ2n) is 5.73. The van der Waals surface area contributed by atoms with Gasteiger partial charge < -0.3 is 4.74 Å². The van der Waals surface area contributed by atoms with E-state index in [1.165, 1.54) is 56.1 Å². The van der Waals surface area contributed by atoms with Crippen LogP contribution < -0.4 is 4.74 Å². The molecule has 0 N–H and O–H groups in total. The van der Waals surface area contributed by atoms with Crippen LogP contribution >= 0.6 is 0 Å². The van der Waals surface area contributed by atoms with Crippen LogP contribution in [-0.4, -0.2) is 6.61 Å². The summed E-state index contributed by atoms with van der Waals surface area (Å²) in [5, 5.41) is 0. The van der Waals surface area contributed by atoms with E-state index in [9.17, 15) is 0 Å². The lowest BCUT2D eigenvalue weighted by Gasteiger charge is -2.23. The summed E-state index contributed by atoms with van der Waals surface area (Å²) >= 11 is 0. The maximum atomic E-state index is 5.82. The molecule has 0 spiro atoms. The standard InChI is InChI=1S/C17H26O/c1-3-4-5-6-7-8-15-9-10-16-11-14(2)13-18-17(16)12-15/h9-10,12,14H,3-8,11,13H2,1-2H3/t14-/m1/s1. The third-order valence-corrected chi connectivity index (χ3v) is 3.79. The zero-order valence-corrected chi connectivity index (χ0v) is 11.9. The summed E-state index contributed by atoms with van der Waals surface area (Å²) < 4.78 is 5.82. The Hall–Kier alpha value is -0.980. The first kappa shape index (κ1) is 13.5. The Morgan fingerprint density at radius 3 is 2.83 bits per heavy atom. The first-order valence-corrected chi connectivity index (χ1v) is 7.54. The molecule has 0 aliphatic carbocycles. The van der Waals surface area contributed by atoms with E-state index < -0.39 is 0 Å². The SMILES string of the molecule is CCCCCCCc1ccc2c(c1)OC[C@H](C)C2. The van der Waals surface area contributed by atoms with Crippen LogP contribution in [0.3, 0.4) is 0 Å². The molecule has 100 valence electrons. The second-order valence-corrected chi connectivity index (χ2v) is 5.73. The van der Waals surface area contributed by atoms with E-state index in [2.05, 4.69) is 32.0 Å². The van der Waals surface area contributed by atoms with Crippen molar-refractivity contribution in [3.05, 3.63) is 29.3 Å². The van der Waals surface area contributed by atoms with Crippen LogP contribution in [0.25, 0.3) is 0 Å². The molecular formula is C17H26O. The van der Waals surface area contributed by atoms with Crippen LogP contribution in [0.1, 0.15) is 57.1 Å². The van der Waals surface area contributed by atoms with Gasteiger partial charge in [-0.3, -0.25) is 0 Å². The van der Waals surface area contributed by atoms with Crippen LogP contribution in [0.2, 0.25) is 0 Å². The lowest BCUT2D eigenvalue weighted by atomic mass is 9.96. The predicted molar refractivity (Wildman–Crippen MR) is 77.3 cm³/mol. The fourth-order valence-electron chi connectivity index (χ4n) is 2.66. The summed E-state index contributed by atoms with van der Waals surface area (Å²) in [6.45, 7) is 5.40. The van der Waals surface area contributed by atoms with Gasteiger partial charge in [-0.05, 0) is 42.4 Å². The van der Waals surface area contributed by atoms with E-state index in [-0.39, 0.29) is 0 Å². The minimum atomic E-state index is 0.664.